The van der Waals surface area contributed by atoms with E-state index in [9.17, 15) is 5.11 Å². The van der Waals surface area contributed by atoms with Crippen molar-refractivity contribution in [2.75, 3.05) is 18.0 Å². The molecular formula is C13H20N2O. The summed E-state index contributed by atoms with van der Waals surface area (Å²) in [6.07, 6.45) is 1.35. The molecule has 1 N–H and O–H groups in total. The van der Waals surface area contributed by atoms with Crippen molar-refractivity contribution in [2.45, 2.75) is 26.9 Å². The third-order valence-corrected chi connectivity index (χ3v) is 3.55. The summed E-state index contributed by atoms with van der Waals surface area (Å²) in [4.78, 5) is 6.71. The lowest BCUT2D eigenvalue weighted by atomic mass is 10.0. The molecule has 16 heavy (non-hydrogen) atoms. The van der Waals surface area contributed by atoms with Crippen LogP contribution in [0.15, 0.2) is 18.3 Å². The zero-order valence-electron chi connectivity index (χ0n) is 10.2. The SMILES string of the molecule is CC1CN(c2ncccc2[C@@H](C)O)CC1C. The Kier molecular flexibility index (Phi) is 3.15. The van der Waals surface area contributed by atoms with Crippen molar-refractivity contribution in [3.8, 4) is 0 Å². The lowest BCUT2D eigenvalue weighted by Crippen LogP contribution is -2.22. The van der Waals surface area contributed by atoms with Crippen LogP contribution in [-0.2, 0) is 0 Å². The summed E-state index contributed by atoms with van der Waals surface area (Å²) in [6.45, 7) is 8.42. The highest BCUT2D eigenvalue weighted by molar-refractivity contribution is 5.48. The number of hydrogen-bond acceptors (Lipinski definition) is 3. The first-order valence-corrected chi connectivity index (χ1v) is 5.97. The van der Waals surface area contributed by atoms with Gasteiger partial charge in [-0.05, 0) is 24.8 Å². The zero-order valence-corrected chi connectivity index (χ0v) is 10.2. The molecule has 0 radical (unpaired) electrons. The van der Waals surface area contributed by atoms with Gasteiger partial charge < -0.3 is 10.0 Å². The second kappa shape index (κ2) is 4.42. The minimum Gasteiger partial charge on any atom is -0.389 e. The van der Waals surface area contributed by atoms with Crippen molar-refractivity contribution in [3.05, 3.63) is 23.9 Å². The maximum atomic E-state index is 9.73. The van der Waals surface area contributed by atoms with E-state index in [4.69, 9.17) is 0 Å². The fraction of sp³-hybridized carbons (Fsp3) is 0.615. The van der Waals surface area contributed by atoms with Gasteiger partial charge in [0.25, 0.3) is 0 Å². The van der Waals surface area contributed by atoms with Crippen molar-refractivity contribution in [2.24, 2.45) is 11.8 Å². The molecule has 3 nitrogen and oxygen atoms in total. The number of aliphatic hydroxyl groups is 1. The standard InChI is InChI=1S/C13H20N2O/c1-9-7-15(8-10(9)2)13-12(11(3)16)5-4-6-14-13/h4-6,9-11,16H,7-8H2,1-3H3/t9?,10?,11-/m1/s1. The number of hydrogen-bond donors (Lipinski definition) is 1. The summed E-state index contributed by atoms with van der Waals surface area (Å²) in [5.74, 6) is 2.35. The molecule has 1 aromatic heterocycles. The number of aromatic nitrogens is 1. The van der Waals surface area contributed by atoms with E-state index in [0.717, 1.165) is 24.5 Å². The summed E-state index contributed by atoms with van der Waals surface area (Å²) in [5.41, 5.74) is 0.934. The average molecular weight is 220 g/mol. The van der Waals surface area contributed by atoms with Crippen molar-refractivity contribution < 1.29 is 5.11 Å². The van der Waals surface area contributed by atoms with Gasteiger partial charge in [-0.3, -0.25) is 0 Å². The van der Waals surface area contributed by atoms with Gasteiger partial charge in [-0.1, -0.05) is 19.9 Å². The largest absolute Gasteiger partial charge is 0.389 e. The monoisotopic (exact) mass is 220 g/mol. The first-order chi connectivity index (χ1) is 7.59. The lowest BCUT2D eigenvalue weighted by molar-refractivity contribution is 0.199. The molecule has 3 heteroatoms. The topological polar surface area (TPSA) is 36.4 Å². The van der Waals surface area contributed by atoms with Gasteiger partial charge >= 0.3 is 0 Å². The van der Waals surface area contributed by atoms with Gasteiger partial charge in [-0.15, -0.1) is 0 Å². The summed E-state index contributed by atoms with van der Waals surface area (Å²) >= 11 is 0. The highest BCUT2D eigenvalue weighted by atomic mass is 16.3. The molecule has 0 aromatic carbocycles. The van der Waals surface area contributed by atoms with E-state index in [1.807, 2.05) is 12.1 Å². The minimum absolute atomic E-state index is 0.449. The first-order valence-electron chi connectivity index (χ1n) is 5.97. The third-order valence-electron chi connectivity index (χ3n) is 3.55. The summed E-state index contributed by atoms with van der Waals surface area (Å²) in [7, 11) is 0. The number of nitrogens with zero attached hydrogens (tertiary/aromatic N) is 2. The molecular weight excluding hydrogens is 200 g/mol. The molecule has 0 aliphatic carbocycles. The van der Waals surface area contributed by atoms with Crippen LogP contribution in [0.5, 0.6) is 0 Å². The summed E-state index contributed by atoms with van der Waals surface area (Å²) in [5, 5.41) is 9.73. The summed E-state index contributed by atoms with van der Waals surface area (Å²) in [6, 6.07) is 3.84. The van der Waals surface area contributed by atoms with E-state index in [0.29, 0.717) is 11.8 Å². The first kappa shape index (κ1) is 11.4. The fourth-order valence-corrected chi connectivity index (χ4v) is 2.30. The van der Waals surface area contributed by atoms with Gasteiger partial charge in [-0.25, -0.2) is 4.98 Å². The molecule has 1 saturated heterocycles. The smallest absolute Gasteiger partial charge is 0.134 e. The molecule has 3 atom stereocenters. The van der Waals surface area contributed by atoms with Crippen molar-refractivity contribution >= 4 is 5.82 Å². The van der Waals surface area contributed by atoms with Crippen LogP contribution in [0.25, 0.3) is 0 Å². The molecule has 0 saturated carbocycles. The molecule has 0 bridgehead atoms. The van der Waals surface area contributed by atoms with Crippen LogP contribution in [0.1, 0.15) is 32.4 Å². The Labute approximate surface area is 97.1 Å². The fourth-order valence-electron chi connectivity index (χ4n) is 2.30. The van der Waals surface area contributed by atoms with E-state index in [2.05, 4.69) is 23.7 Å². The zero-order chi connectivity index (χ0) is 11.7. The molecule has 0 amide bonds. The van der Waals surface area contributed by atoms with Gasteiger partial charge in [0, 0.05) is 24.8 Å². The van der Waals surface area contributed by atoms with E-state index >= 15 is 0 Å². The highest BCUT2D eigenvalue weighted by Crippen LogP contribution is 2.30. The summed E-state index contributed by atoms with van der Waals surface area (Å²) < 4.78 is 0. The lowest BCUT2D eigenvalue weighted by Gasteiger charge is -2.21. The predicted octanol–water partition coefficient (Wildman–Crippen LogP) is 2.23. The van der Waals surface area contributed by atoms with Crippen LogP contribution < -0.4 is 4.90 Å². The van der Waals surface area contributed by atoms with E-state index in [-0.39, 0.29) is 0 Å². The molecule has 1 aromatic rings. The second-order valence-corrected chi connectivity index (χ2v) is 4.95. The number of aliphatic hydroxyl groups excluding tert-OH is 1. The predicted molar refractivity (Wildman–Crippen MR) is 65.4 cm³/mol. The van der Waals surface area contributed by atoms with Crippen LogP contribution in [-0.4, -0.2) is 23.2 Å². The molecule has 1 fully saturated rings. The average Bonchev–Trinajstić information content (AvgIpc) is 2.59. The third kappa shape index (κ3) is 2.05. The van der Waals surface area contributed by atoms with Gasteiger partial charge in [0.1, 0.15) is 5.82 Å². The number of anilines is 1. The Morgan fingerprint density at radius 1 is 1.38 bits per heavy atom. The Balaban J connectivity index is 2.27. The minimum atomic E-state index is -0.449. The van der Waals surface area contributed by atoms with Gasteiger partial charge in [0.05, 0.1) is 6.10 Å². The number of pyridine rings is 1. The Bertz CT molecular complexity index is 355. The van der Waals surface area contributed by atoms with Crippen molar-refractivity contribution in [3.63, 3.8) is 0 Å². The van der Waals surface area contributed by atoms with Crippen LogP contribution in [0.4, 0.5) is 5.82 Å². The van der Waals surface area contributed by atoms with E-state index in [1.165, 1.54) is 0 Å². The van der Waals surface area contributed by atoms with Gasteiger partial charge in [0.15, 0.2) is 0 Å². The Hall–Kier alpha value is -1.09. The van der Waals surface area contributed by atoms with Gasteiger partial charge in [0.2, 0.25) is 0 Å². The second-order valence-electron chi connectivity index (χ2n) is 4.95. The van der Waals surface area contributed by atoms with Gasteiger partial charge in [-0.2, -0.15) is 0 Å². The molecule has 0 spiro atoms. The molecule has 2 rings (SSSR count). The maximum Gasteiger partial charge on any atom is 0.134 e. The van der Waals surface area contributed by atoms with E-state index < -0.39 is 6.10 Å². The Morgan fingerprint density at radius 2 is 2.00 bits per heavy atom. The number of rotatable bonds is 2. The van der Waals surface area contributed by atoms with Crippen LogP contribution >= 0.6 is 0 Å². The maximum absolute atomic E-state index is 9.73. The molecule has 88 valence electrons. The van der Waals surface area contributed by atoms with Crippen molar-refractivity contribution in [1.29, 1.82) is 0 Å². The molecule has 2 unspecified atom stereocenters. The molecule has 1 aliphatic rings. The highest BCUT2D eigenvalue weighted by Gasteiger charge is 2.28. The molecule has 1 aliphatic heterocycles. The van der Waals surface area contributed by atoms with Crippen molar-refractivity contribution in [1.82, 2.24) is 4.98 Å². The normalized spacial score (nSPS) is 27.1. The van der Waals surface area contributed by atoms with Crippen LogP contribution in [0.2, 0.25) is 0 Å². The van der Waals surface area contributed by atoms with Crippen LogP contribution in [0.3, 0.4) is 0 Å². The quantitative estimate of drug-likeness (QED) is 0.830. The Morgan fingerprint density at radius 3 is 2.56 bits per heavy atom. The van der Waals surface area contributed by atoms with Crippen LogP contribution in [0, 0.1) is 11.8 Å². The molecule has 2 heterocycles. The van der Waals surface area contributed by atoms with E-state index in [1.54, 1.807) is 13.1 Å².